The van der Waals surface area contributed by atoms with E-state index in [1.165, 1.54) is 0 Å². The molecule has 0 aromatic heterocycles. The molecule has 2 heteroatoms. The third-order valence-corrected chi connectivity index (χ3v) is 3.48. The van der Waals surface area contributed by atoms with Gasteiger partial charge in [0.25, 0.3) is 0 Å². The predicted molar refractivity (Wildman–Crippen MR) is 73.4 cm³/mol. The molecule has 0 nitrogen and oxygen atoms in total. The largest absolute Gasteiger partial charge is 0.246 e. The van der Waals surface area contributed by atoms with Crippen molar-refractivity contribution in [1.29, 1.82) is 0 Å². The molecule has 0 aliphatic heterocycles. The Labute approximate surface area is 107 Å². The third kappa shape index (κ3) is 2.22. The fourth-order valence-corrected chi connectivity index (χ4v) is 2.64. The first-order chi connectivity index (χ1) is 8.15. The summed E-state index contributed by atoms with van der Waals surface area (Å²) in [6.07, 6.45) is 0. The maximum atomic E-state index is 13.0. The molecule has 2 aromatic rings. The van der Waals surface area contributed by atoms with E-state index < -0.39 is 6.67 Å². The summed E-state index contributed by atoms with van der Waals surface area (Å²) in [6, 6.07) is 12.0. The summed E-state index contributed by atoms with van der Waals surface area (Å²) in [4.78, 5) is 0.738. The van der Waals surface area contributed by atoms with Crippen LogP contribution >= 0.6 is 12.6 Å². The van der Waals surface area contributed by atoms with Crippen molar-refractivity contribution in [3.8, 4) is 11.1 Å². The van der Waals surface area contributed by atoms with Crippen LogP contribution in [-0.4, -0.2) is 0 Å². The van der Waals surface area contributed by atoms with Gasteiger partial charge in [-0.05, 0) is 47.7 Å². The van der Waals surface area contributed by atoms with Gasteiger partial charge >= 0.3 is 0 Å². The van der Waals surface area contributed by atoms with Crippen LogP contribution in [0.25, 0.3) is 11.1 Å². The Bertz CT molecular complexity index is 532. The standard InChI is InChI=1S/C15H15FS/c1-10-8-14(17)13(9-16)11(2)15(10)12-6-4-3-5-7-12/h3-8,17H,9H2,1-2H3. The van der Waals surface area contributed by atoms with Crippen LogP contribution < -0.4 is 0 Å². The van der Waals surface area contributed by atoms with Gasteiger partial charge in [-0.25, -0.2) is 4.39 Å². The average Bonchev–Trinajstić information content (AvgIpc) is 2.30. The number of benzene rings is 2. The number of hydrogen-bond donors (Lipinski definition) is 1. The van der Waals surface area contributed by atoms with Gasteiger partial charge in [0.1, 0.15) is 6.67 Å². The molecule has 0 fully saturated rings. The number of rotatable bonds is 2. The Morgan fingerprint density at radius 1 is 1.12 bits per heavy atom. The number of aryl methyl sites for hydroxylation is 1. The summed E-state index contributed by atoms with van der Waals surface area (Å²) in [5.74, 6) is 0. The molecule has 0 radical (unpaired) electrons. The molecule has 0 atom stereocenters. The lowest BCUT2D eigenvalue weighted by Gasteiger charge is -2.15. The van der Waals surface area contributed by atoms with Crippen molar-refractivity contribution in [3.05, 3.63) is 53.1 Å². The molecule has 0 heterocycles. The second-order valence-electron chi connectivity index (χ2n) is 4.19. The van der Waals surface area contributed by atoms with Crippen LogP contribution in [0.4, 0.5) is 4.39 Å². The molecular weight excluding hydrogens is 231 g/mol. The van der Waals surface area contributed by atoms with Gasteiger partial charge in [-0.3, -0.25) is 0 Å². The summed E-state index contributed by atoms with van der Waals surface area (Å²) in [5.41, 5.74) is 5.07. The molecule has 2 rings (SSSR count). The number of thiol groups is 1. The van der Waals surface area contributed by atoms with Crippen LogP contribution in [0.1, 0.15) is 16.7 Å². The average molecular weight is 246 g/mol. The van der Waals surface area contributed by atoms with Crippen LogP contribution in [0.2, 0.25) is 0 Å². The summed E-state index contributed by atoms with van der Waals surface area (Å²) in [6.45, 7) is 3.53. The maximum absolute atomic E-state index is 13.0. The Morgan fingerprint density at radius 3 is 2.35 bits per heavy atom. The van der Waals surface area contributed by atoms with E-state index in [1.807, 2.05) is 38.1 Å². The molecule has 0 spiro atoms. The van der Waals surface area contributed by atoms with Gasteiger partial charge in [0.05, 0.1) is 0 Å². The normalized spacial score (nSPS) is 10.6. The lowest BCUT2D eigenvalue weighted by Crippen LogP contribution is -1.95. The van der Waals surface area contributed by atoms with Crippen LogP contribution in [0, 0.1) is 13.8 Å². The molecule has 0 aliphatic carbocycles. The molecular formula is C15H15FS. The van der Waals surface area contributed by atoms with E-state index in [2.05, 4.69) is 24.8 Å². The van der Waals surface area contributed by atoms with Crippen LogP contribution in [0.3, 0.4) is 0 Å². The maximum Gasteiger partial charge on any atom is 0.116 e. The molecule has 0 aliphatic rings. The minimum Gasteiger partial charge on any atom is -0.246 e. The van der Waals surface area contributed by atoms with E-state index in [-0.39, 0.29) is 0 Å². The highest BCUT2D eigenvalue weighted by Crippen LogP contribution is 2.33. The fraction of sp³-hybridized carbons (Fsp3) is 0.200. The Kier molecular flexibility index (Phi) is 3.53. The van der Waals surface area contributed by atoms with E-state index in [9.17, 15) is 4.39 Å². The van der Waals surface area contributed by atoms with Crippen molar-refractivity contribution in [1.82, 2.24) is 0 Å². The predicted octanol–water partition coefficient (Wildman–Crippen LogP) is 4.73. The van der Waals surface area contributed by atoms with Crippen molar-refractivity contribution < 1.29 is 4.39 Å². The van der Waals surface area contributed by atoms with E-state index >= 15 is 0 Å². The molecule has 17 heavy (non-hydrogen) atoms. The first-order valence-corrected chi connectivity index (χ1v) is 6.03. The van der Waals surface area contributed by atoms with Crippen LogP contribution in [0.15, 0.2) is 41.3 Å². The third-order valence-electron chi connectivity index (χ3n) is 3.08. The fourth-order valence-electron chi connectivity index (χ4n) is 2.22. The molecule has 0 amide bonds. The lowest BCUT2D eigenvalue weighted by molar-refractivity contribution is 0.478. The van der Waals surface area contributed by atoms with E-state index in [0.29, 0.717) is 5.56 Å². The van der Waals surface area contributed by atoms with Crippen molar-refractivity contribution in [3.63, 3.8) is 0 Å². The van der Waals surface area contributed by atoms with E-state index in [0.717, 1.165) is 27.1 Å². The van der Waals surface area contributed by atoms with E-state index in [4.69, 9.17) is 0 Å². The minimum absolute atomic E-state index is 0.467. The highest BCUT2D eigenvalue weighted by atomic mass is 32.1. The molecule has 0 unspecified atom stereocenters. The number of alkyl halides is 1. The minimum atomic E-state index is -0.467. The van der Waals surface area contributed by atoms with Gasteiger partial charge in [0.2, 0.25) is 0 Å². The smallest absolute Gasteiger partial charge is 0.116 e. The molecule has 0 N–H and O–H groups in total. The van der Waals surface area contributed by atoms with Crippen LogP contribution in [-0.2, 0) is 6.67 Å². The molecule has 0 saturated carbocycles. The molecule has 0 saturated heterocycles. The first-order valence-electron chi connectivity index (χ1n) is 5.58. The van der Waals surface area contributed by atoms with Crippen LogP contribution in [0.5, 0.6) is 0 Å². The van der Waals surface area contributed by atoms with Gasteiger partial charge in [0.15, 0.2) is 0 Å². The monoisotopic (exact) mass is 246 g/mol. The van der Waals surface area contributed by atoms with E-state index in [1.54, 1.807) is 0 Å². The second-order valence-corrected chi connectivity index (χ2v) is 4.67. The molecule has 2 aromatic carbocycles. The summed E-state index contributed by atoms with van der Waals surface area (Å²) < 4.78 is 13.0. The van der Waals surface area contributed by atoms with Crippen molar-refractivity contribution in [2.45, 2.75) is 25.4 Å². The lowest BCUT2D eigenvalue weighted by atomic mass is 9.92. The van der Waals surface area contributed by atoms with Gasteiger partial charge in [-0.15, -0.1) is 12.6 Å². The summed E-state index contributed by atoms with van der Waals surface area (Å²) >= 11 is 4.34. The quantitative estimate of drug-likeness (QED) is 0.728. The van der Waals surface area contributed by atoms with Crippen molar-refractivity contribution >= 4 is 12.6 Å². The Balaban J connectivity index is 2.70. The number of hydrogen-bond acceptors (Lipinski definition) is 1. The highest BCUT2D eigenvalue weighted by Gasteiger charge is 2.12. The van der Waals surface area contributed by atoms with Crippen molar-refractivity contribution in [2.24, 2.45) is 0 Å². The Morgan fingerprint density at radius 2 is 1.76 bits per heavy atom. The SMILES string of the molecule is Cc1cc(S)c(CF)c(C)c1-c1ccccc1. The van der Waals surface area contributed by atoms with Gasteiger partial charge in [-0.2, -0.15) is 0 Å². The zero-order valence-electron chi connectivity index (χ0n) is 10.00. The second kappa shape index (κ2) is 4.92. The van der Waals surface area contributed by atoms with Gasteiger partial charge in [-0.1, -0.05) is 30.3 Å². The molecule has 88 valence electrons. The Hall–Kier alpha value is -1.28. The van der Waals surface area contributed by atoms with Crippen molar-refractivity contribution in [2.75, 3.05) is 0 Å². The highest BCUT2D eigenvalue weighted by molar-refractivity contribution is 7.80. The topological polar surface area (TPSA) is 0 Å². The summed E-state index contributed by atoms with van der Waals surface area (Å²) in [7, 11) is 0. The first kappa shape index (κ1) is 12.2. The van der Waals surface area contributed by atoms with Gasteiger partial charge < -0.3 is 0 Å². The molecule has 0 bridgehead atoms. The zero-order chi connectivity index (χ0) is 12.4. The zero-order valence-corrected chi connectivity index (χ0v) is 10.9. The summed E-state index contributed by atoms with van der Waals surface area (Å²) in [5, 5.41) is 0. The van der Waals surface area contributed by atoms with Gasteiger partial charge in [0, 0.05) is 4.90 Å². The number of halogens is 1.